The van der Waals surface area contributed by atoms with Crippen molar-refractivity contribution in [3.8, 4) is 0 Å². The van der Waals surface area contributed by atoms with E-state index in [1.807, 2.05) is 6.92 Å². The molecule has 0 aliphatic carbocycles. The lowest BCUT2D eigenvalue weighted by molar-refractivity contribution is -0.128. The van der Waals surface area contributed by atoms with Crippen LogP contribution in [0, 0.1) is 11.7 Å². The van der Waals surface area contributed by atoms with Gasteiger partial charge in [-0.1, -0.05) is 0 Å². The van der Waals surface area contributed by atoms with Crippen LogP contribution in [-0.4, -0.2) is 43.0 Å². The van der Waals surface area contributed by atoms with Gasteiger partial charge in [-0.25, -0.2) is 9.18 Å². The minimum Gasteiger partial charge on any atom is -0.453 e. The van der Waals surface area contributed by atoms with E-state index in [-0.39, 0.29) is 23.9 Å². The third-order valence-electron chi connectivity index (χ3n) is 3.62. The van der Waals surface area contributed by atoms with Gasteiger partial charge in [0.1, 0.15) is 5.82 Å². The molecule has 1 aliphatic heterocycles. The molecule has 2 N–H and O–H groups in total. The van der Waals surface area contributed by atoms with Crippen LogP contribution in [-0.2, 0) is 14.3 Å². The molecule has 124 valence electrons. The number of anilines is 2. The van der Waals surface area contributed by atoms with E-state index in [2.05, 4.69) is 15.4 Å². The third kappa shape index (κ3) is 3.97. The summed E-state index contributed by atoms with van der Waals surface area (Å²) in [7, 11) is 1.16. The van der Waals surface area contributed by atoms with E-state index in [0.29, 0.717) is 18.8 Å². The van der Waals surface area contributed by atoms with Gasteiger partial charge in [-0.05, 0) is 25.1 Å². The SMILES string of the molecule is CCN1C[C@@H](C(=O)Nc2ccc(F)c(NC(=O)OC)c2)CC1=O. The molecule has 1 aliphatic rings. The first-order valence-electron chi connectivity index (χ1n) is 7.17. The number of ether oxygens (including phenoxy) is 1. The molecule has 1 aromatic carbocycles. The Morgan fingerprint density at radius 1 is 1.39 bits per heavy atom. The molecule has 0 saturated carbocycles. The van der Waals surface area contributed by atoms with Crippen molar-refractivity contribution in [1.29, 1.82) is 0 Å². The van der Waals surface area contributed by atoms with Crippen LogP contribution in [0.15, 0.2) is 18.2 Å². The zero-order valence-corrected chi connectivity index (χ0v) is 12.9. The third-order valence-corrected chi connectivity index (χ3v) is 3.62. The van der Waals surface area contributed by atoms with Gasteiger partial charge < -0.3 is 15.0 Å². The summed E-state index contributed by atoms with van der Waals surface area (Å²) < 4.78 is 18.0. The number of carbonyl (C=O) groups is 3. The number of rotatable bonds is 4. The Bertz CT molecular complexity index is 635. The number of nitrogens with one attached hydrogen (secondary N) is 2. The number of benzene rings is 1. The quantitative estimate of drug-likeness (QED) is 0.884. The van der Waals surface area contributed by atoms with Crippen molar-refractivity contribution in [2.75, 3.05) is 30.8 Å². The van der Waals surface area contributed by atoms with E-state index in [1.165, 1.54) is 12.1 Å². The fourth-order valence-electron chi connectivity index (χ4n) is 2.36. The summed E-state index contributed by atoms with van der Waals surface area (Å²) in [6.45, 7) is 2.78. The molecule has 0 bridgehead atoms. The molecule has 1 heterocycles. The zero-order chi connectivity index (χ0) is 17.0. The van der Waals surface area contributed by atoms with E-state index in [9.17, 15) is 18.8 Å². The average Bonchev–Trinajstić information content (AvgIpc) is 2.91. The molecule has 0 aromatic heterocycles. The van der Waals surface area contributed by atoms with Crippen LogP contribution in [0.1, 0.15) is 13.3 Å². The first-order chi connectivity index (χ1) is 10.9. The van der Waals surface area contributed by atoms with Crippen LogP contribution in [0.5, 0.6) is 0 Å². The molecular weight excluding hydrogens is 305 g/mol. The summed E-state index contributed by atoms with van der Waals surface area (Å²) in [5.41, 5.74) is 0.220. The Kier molecular flexibility index (Phi) is 5.15. The Balaban J connectivity index is 2.05. The van der Waals surface area contributed by atoms with Crippen LogP contribution in [0.4, 0.5) is 20.6 Å². The molecule has 7 nitrogen and oxygen atoms in total. The molecule has 8 heteroatoms. The van der Waals surface area contributed by atoms with Gasteiger partial charge in [0.15, 0.2) is 0 Å². The summed E-state index contributed by atoms with van der Waals surface area (Å²) in [6, 6.07) is 3.79. The van der Waals surface area contributed by atoms with Crippen molar-refractivity contribution in [3.05, 3.63) is 24.0 Å². The van der Waals surface area contributed by atoms with Crippen LogP contribution in [0.25, 0.3) is 0 Å². The van der Waals surface area contributed by atoms with Crippen LogP contribution >= 0.6 is 0 Å². The molecule has 0 spiro atoms. The van der Waals surface area contributed by atoms with Gasteiger partial charge in [0.05, 0.1) is 18.7 Å². The second kappa shape index (κ2) is 7.08. The molecule has 1 aromatic rings. The first-order valence-corrected chi connectivity index (χ1v) is 7.17. The number of hydrogen-bond acceptors (Lipinski definition) is 4. The highest BCUT2D eigenvalue weighted by Crippen LogP contribution is 2.23. The molecule has 1 saturated heterocycles. The highest BCUT2D eigenvalue weighted by Gasteiger charge is 2.33. The van der Waals surface area contributed by atoms with E-state index < -0.39 is 17.8 Å². The average molecular weight is 323 g/mol. The summed E-state index contributed by atoms with van der Waals surface area (Å²) in [4.78, 5) is 36.6. The van der Waals surface area contributed by atoms with Gasteiger partial charge in [-0.3, -0.25) is 14.9 Å². The first kappa shape index (κ1) is 16.7. The zero-order valence-electron chi connectivity index (χ0n) is 12.9. The van der Waals surface area contributed by atoms with Gasteiger partial charge in [0, 0.05) is 25.2 Å². The van der Waals surface area contributed by atoms with Crippen molar-refractivity contribution >= 4 is 29.3 Å². The maximum absolute atomic E-state index is 13.6. The monoisotopic (exact) mass is 323 g/mol. The number of carbonyl (C=O) groups excluding carboxylic acids is 3. The standard InChI is InChI=1S/C15H18FN3O4/c1-3-19-8-9(6-13(19)20)14(21)17-10-4-5-11(16)12(7-10)18-15(22)23-2/h4-5,7,9H,3,6,8H2,1-2H3,(H,17,21)(H,18,22)/t9-/m0/s1. The Hall–Kier alpha value is -2.64. The summed E-state index contributed by atoms with van der Waals surface area (Å²) in [5, 5.41) is 4.85. The normalized spacial score (nSPS) is 17.1. The van der Waals surface area contributed by atoms with E-state index in [4.69, 9.17) is 0 Å². The van der Waals surface area contributed by atoms with Gasteiger partial charge in [-0.15, -0.1) is 0 Å². The van der Waals surface area contributed by atoms with Crippen molar-refractivity contribution in [1.82, 2.24) is 4.90 Å². The lowest BCUT2D eigenvalue weighted by Gasteiger charge is -2.14. The van der Waals surface area contributed by atoms with Gasteiger partial charge >= 0.3 is 6.09 Å². The minimum atomic E-state index is -0.813. The van der Waals surface area contributed by atoms with Gasteiger partial charge in [0.2, 0.25) is 11.8 Å². The highest BCUT2D eigenvalue weighted by molar-refractivity contribution is 5.97. The maximum atomic E-state index is 13.6. The Morgan fingerprint density at radius 2 is 2.13 bits per heavy atom. The van der Waals surface area contributed by atoms with Crippen LogP contribution in [0.2, 0.25) is 0 Å². The van der Waals surface area contributed by atoms with E-state index in [0.717, 1.165) is 13.2 Å². The fraction of sp³-hybridized carbons (Fsp3) is 0.400. The van der Waals surface area contributed by atoms with E-state index >= 15 is 0 Å². The van der Waals surface area contributed by atoms with Crippen molar-refractivity contribution < 1.29 is 23.5 Å². The maximum Gasteiger partial charge on any atom is 0.411 e. The molecular formula is C15H18FN3O4. The van der Waals surface area contributed by atoms with Crippen LogP contribution < -0.4 is 10.6 Å². The number of nitrogens with zero attached hydrogens (tertiary/aromatic N) is 1. The summed E-state index contributed by atoms with van der Waals surface area (Å²) in [5.74, 6) is -1.46. The smallest absolute Gasteiger partial charge is 0.411 e. The van der Waals surface area contributed by atoms with Gasteiger partial charge in [0.25, 0.3) is 0 Å². The molecule has 0 unspecified atom stereocenters. The van der Waals surface area contributed by atoms with Crippen molar-refractivity contribution in [2.45, 2.75) is 13.3 Å². The fourth-order valence-corrected chi connectivity index (χ4v) is 2.36. The van der Waals surface area contributed by atoms with Crippen molar-refractivity contribution in [2.24, 2.45) is 5.92 Å². The molecule has 0 radical (unpaired) electrons. The molecule has 1 fully saturated rings. The highest BCUT2D eigenvalue weighted by atomic mass is 19.1. The molecule has 23 heavy (non-hydrogen) atoms. The second-order valence-corrected chi connectivity index (χ2v) is 5.13. The topological polar surface area (TPSA) is 87.7 Å². The summed E-state index contributed by atoms with van der Waals surface area (Å²) in [6.07, 6.45) is -0.652. The molecule has 1 atom stereocenters. The molecule has 3 amide bonds. The van der Waals surface area contributed by atoms with Crippen LogP contribution in [0.3, 0.4) is 0 Å². The largest absolute Gasteiger partial charge is 0.453 e. The number of amides is 3. The Labute approximate surface area is 132 Å². The molecule has 2 rings (SSSR count). The minimum absolute atomic E-state index is 0.0557. The number of hydrogen-bond donors (Lipinski definition) is 2. The predicted octanol–water partition coefficient (Wildman–Crippen LogP) is 1.81. The summed E-state index contributed by atoms with van der Waals surface area (Å²) >= 11 is 0. The predicted molar refractivity (Wildman–Crippen MR) is 81.4 cm³/mol. The van der Waals surface area contributed by atoms with Gasteiger partial charge in [-0.2, -0.15) is 0 Å². The number of halogens is 1. The second-order valence-electron chi connectivity index (χ2n) is 5.13. The van der Waals surface area contributed by atoms with E-state index in [1.54, 1.807) is 4.90 Å². The number of methoxy groups -OCH3 is 1. The lowest BCUT2D eigenvalue weighted by Crippen LogP contribution is -2.28. The number of likely N-dealkylation sites (tertiary alicyclic amines) is 1. The lowest BCUT2D eigenvalue weighted by atomic mass is 10.1. The van der Waals surface area contributed by atoms with Crippen molar-refractivity contribution in [3.63, 3.8) is 0 Å². The Morgan fingerprint density at radius 3 is 2.74 bits per heavy atom.